The van der Waals surface area contributed by atoms with Gasteiger partial charge in [-0.2, -0.15) is 10.2 Å². The van der Waals surface area contributed by atoms with E-state index in [0.29, 0.717) is 28.8 Å². The summed E-state index contributed by atoms with van der Waals surface area (Å²) in [5.74, 6) is 2.03. The van der Waals surface area contributed by atoms with Gasteiger partial charge in [-0.15, -0.1) is 0 Å². The van der Waals surface area contributed by atoms with E-state index in [1.54, 1.807) is 25.3 Å². The molecule has 150 valence electrons. The third kappa shape index (κ3) is 5.38. The van der Waals surface area contributed by atoms with Gasteiger partial charge in [0.05, 0.1) is 11.6 Å². The number of aromatic nitrogens is 2. The Hall–Kier alpha value is -3.27. The molecule has 6 nitrogen and oxygen atoms in total. The molecular weight excluding hydrogens is 369 g/mol. The first-order chi connectivity index (χ1) is 14.0. The van der Waals surface area contributed by atoms with Gasteiger partial charge in [-0.05, 0) is 61.9 Å². The minimum absolute atomic E-state index is 0.288. The topological polar surface area (TPSA) is 78.3 Å². The van der Waals surface area contributed by atoms with Crippen molar-refractivity contribution in [2.45, 2.75) is 33.1 Å². The number of piperidine rings is 1. The molecular formula is C22H24FN5O. The number of amidine groups is 1. The molecule has 0 saturated carbocycles. The first kappa shape index (κ1) is 20.5. The number of hydrogen-bond donors (Lipinski definition) is 0. The summed E-state index contributed by atoms with van der Waals surface area (Å²) >= 11 is 0. The van der Waals surface area contributed by atoms with Gasteiger partial charge in [0.1, 0.15) is 11.7 Å². The number of nitrogens with zero attached hydrogens (tertiary/aromatic N) is 5. The van der Waals surface area contributed by atoms with E-state index < -0.39 is 0 Å². The van der Waals surface area contributed by atoms with Gasteiger partial charge in [-0.3, -0.25) is 0 Å². The van der Waals surface area contributed by atoms with Crippen LogP contribution >= 0.6 is 0 Å². The van der Waals surface area contributed by atoms with Crippen LogP contribution in [0.2, 0.25) is 0 Å². The van der Waals surface area contributed by atoms with Crippen LogP contribution in [0.3, 0.4) is 0 Å². The summed E-state index contributed by atoms with van der Waals surface area (Å²) in [7, 11) is 0. The van der Waals surface area contributed by atoms with Crippen LogP contribution in [0.15, 0.2) is 46.6 Å². The third-order valence-corrected chi connectivity index (χ3v) is 5.12. The molecule has 2 aromatic rings. The van der Waals surface area contributed by atoms with Gasteiger partial charge in [0.25, 0.3) is 0 Å². The molecule has 1 aliphatic heterocycles. The summed E-state index contributed by atoms with van der Waals surface area (Å²) in [5, 5.41) is 13.1. The van der Waals surface area contributed by atoms with E-state index >= 15 is 0 Å². The lowest BCUT2D eigenvalue weighted by molar-refractivity contribution is 0.264. The van der Waals surface area contributed by atoms with E-state index in [1.165, 1.54) is 12.1 Å². The van der Waals surface area contributed by atoms with Crippen molar-refractivity contribution in [3.63, 3.8) is 0 Å². The Bertz CT molecular complexity index is 977. The monoisotopic (exact) mass is 393 g/mol. The van der Waals surface area contributed by atoms with Crippen LogP contribution < -0.4 is 0 Å². The normalized spacial score (nSPS) is 15.7. The molecule has 1 fully saturated rings. The largest absolute Gasteiger partial charge is 0.360 e. The molecule has 2 heterocycles. The molecule has 1 aromatic carbocycles. The van der Waals surface area contributed by atoms with Gasteiger partial charge >= 0.3 is 0 Å². The molecule has 7 heteroatoms. The van der Waals surface area contributed by atoms with E-state index in [2.05, 4.69) is 32.7 Å². The zero-order chi connectivity index (χ0) is 20.8. The van der Waals surface area contributed by atoms with Crippen LogP contribution in [0.4, 0.5) is 4.39 Å². The second-order valence-corrected chi connectivity index (χ2v) is 7.20. The quantitative estimate of drug-likeness (QED) is 0.430. The predicted octanol–water partition coefficient (Wildman–Crippen LogP) is 4.29. The van der Waals surface area contributed by atoms with Crippen molar-refractivity contribution in [1.29, 1.82) is 5.26 Å². The van der Waals surface area contributed by atoms with Gasteiger partial charge in [0, 0.05) is 31.8 Å². The van der Waals surface area contributed by atoms with Gasteiger partial charge < -0.3 is 9.42 Å². The summed E-state index contributed by atoms with van der Waals surface area (Å²) in [6.45, 7) is 9.39. The number of halogens is 1. The molecule has 0 unspecified atom stereocenters. The average molecular weight is 393 g/mol. The van der Waals surface area contributed by atoms with Crippen LogP contribution in [0.25, 0.3) is 5.57 Å². The second kappa shape index (κ2) is 9.28. The van der Waals surface area contributed by atoms with Crippen molar-refractivity contribution in [3.8, 4) is 6.07 Å². The molecule has 0 atom stereocenters. The van der Waals surface area contributed by atoms with Crippen LogP contribution in [0.5, 0.6) is 0 Å². The highest BCUT2D eigenvalue weighted by atomic mass is 19.1. The van der Waals surface area contributed by atoms with Gasteiger partial charge in [0.2, 0.25) is 11.7 Å². The molecule has 1 aliphatic rings. The highest BCUT2D eigenvalue weighted by molar-refractivity contribution is 5.80. The van der Waals surface area contributed by atoms with Gasteiger partial charge in [-0.25, -0.2) is 9.38 Å². The van der Waals surface area contributed by atoms with Crippen molar-refractivity contribution in [1.82, 2.24) is 15.0 Å². The van der Waals surface area contributed by atoms with Crippen LogP contribution in [0.1, 0.15) is 42.6 Å². The minimum Gasteiger partial charge on any atom is -0.360 e. The zero-order valence-electron chi connectivity index (χ0n) is 16.7. The second-order valence-electron chi connectivity index (χ2n) is 7.20. The molecule has 0 spiro atoms. The lowest BCUT2D eigenvalue weighted by atomic mass is 9.88. The van der Waals surface area contributed by atoms with Crippen molar-refractivity contribution < 1.29 is 8.91 Å². The average Bonchev–Trinajstić information content (AvgIpc) is 3.15. The van der Waals surface area contributed by atoms with Crippen LogP contribution in [0, 0.1) is 30.0 Å². The number of aryl methyl sites for hydroxylation is 1. The van der Waals surface area contributed by atoms with Crippen LogP contribution in [-0.4, -0.2) is 34.0 Å². The number of benzene rings is 1. The fraction of sp³-hybridized carbons (Fsp3) is 0.364. The third-order valence-electron chi connectivity index (χ3n) is 5.12. The van der Waals surface area contributed by atoms with Crippen molar-refractivity contribution in [3.05, 3.63) is 65.7 Å². The summed E-state index contributed by atoms with van der Waals surface area (Å²) < 4.78 is 18.5. The van der Waals surface area contributed by atoms with E-state index in [0.717, 1.165) is 43.8 Å². The Balaban J connectivity index is 1.53. The lowest BCUT2D eigenvalue weighted by Crippen LogP contribution is -2.37. The minimum atomic E-state index is -0.288. The molecule has 0 radical (unpaired) electrons. The number of allylic oxidation sites excluding steroid dienone is 2. The van der Waals surface area contributed by atoms with Crippen LogP contribution in [-0.2, 0) is 6.42 Å². The molecule has 0 amide bonds. The Morgan fingerprint density at radius 1 is 1.45 bits per heavy atom. The van der Waals surface area contributed by atoms with Gasteiger partial charge in [0.15, 0.2) is 0 Å². The summed E-state index contributed by atoms with van der Waals surface area (Å²) in [4.78, 5) is 10.9. The summed E-state index contributed by atoms with van der Waals surface area (Å²) in [6.07, 6.45) is 6.14. The maximum Gasteiger partial charge on any atom is 0.223 e. The number of likely N-dealkylation sites (tertiary alicyclic amines) is 1. The number of hydrogen-bond acceptors (Lipinski definition) is 5. The Morgan fingerprint density at radius 2 is 2.21 bits per heavy atom. The number of nitriles is 1. The number of rotatable bonds is 5. The van der Waals surface area contributed by atoms with E-state index in [9.17, 15) is 9.65 Å². The molecule has 1 saturated heterocycles. The highest BCUT2D eigenvalue weighted by Gasteiger charge is 2.21. The van der Waals surface area contributed by atoms with Crippen molar-refractivity contribution >= 4 is 11.4 Å². The first-order valence-electron chi connectivity index (χ1n) is 9.60. The van der Waals surface area contributed by atoms with E-state index in [-0.39, 0.29) is 5.82 Å². The molecule has 29 heavy (non-hydrogen) atoms. The van der Waals surface area contributed by atoms with E-state index in [4.69, 9.17) is 4.52 Å². The fourth-order valence-corrected chi connectivity index (χ4v) is 3.43. The molecule has 0 bridgehead atoms. The summed E-state index contributed by atoms with van der Waals surface area (Å²) in [5.41, 5.74) is 2.00. The smallest absolute Gasteiger partial charge is 0.223 e. The Kier molecular flexibility index (Phi) is 6.55. The summed E-state index contributed by atoms with van der Waals surface area (Å²) in [6, 6.07) is 6.55. The lowest BCUT2D eigenvalue weighted by Gasteiger charge is -2.33. The maximum absolute atomic E-state index is 13.5. The van der Waals surface area contributed by atoms with Crippen molar-refractivity contribution in [2.75, 3.05) is 13.1 Å². The van der Waals surface area contributed by atoms with Crippen molar-refractivity contribution in [2.24, 2.45) is 10.9 Å². The number of aliphatic imine (C=N–C) groups is 1. The molecule has 0 aliphatic carbocycles. The predicted molar refractivity (Wildman–Crippen MR) is 109 cm³/mol. The first-order valence-corrected chi connectivity index (χ1v) is 9.60. The fourth-order valence-electron chi connectivity index (χ4n) is 3.43. The highest BCUT2D eigenvalue weighted by Crippen LogP contribution is 2.24. The Morgan fingerprint density at radius 3 is 2.86 bits per heavy atom. The van der Waals surface area contributed by atoms with Gasteiger partial charge in [-0.1, -0.05) is 11.7 Å². The zero-order valence-corrected chi connectivity index (χ0v) is 16.7. The standard InChI is InChI=1S/C22H24FN5O/c1-15(22-26-17(3)29-27-22)6-9-25-16(2)28-10-7-18(8-11-28)12-20-13-21(23)5-4-19(20)14-24/h4-6,9,13,18H,1,7-8,10-12H2,2-3H3/b9-6-,25-16?. The van der Waals surface area contributed by atoms with E-state index in [1.807, 2.05) is 6.92 Å². The molecule has 1 aromatic heterocycles. The SMILES string of the molecule is C=C(/C=C\N=C(C)N1CCC(Cc2cc(F)ccc2C#N)CC1)c1noc(C)n1. The Labute approximate surface area is 170 Å². The molecule has 3 rings (SSSR count). The maximum atomic E-state index is 13.5. The molecule has 0 N–H and O–H groups in total.